The summed E-state index contributed by atoms with van der Waals surface area (Å²) in [5.74, 6) is 0.779. The lowest BCUT2D eigenvalue weighted by atomic mass is 9.82. The predicted molar refractivity (Wildman–Crippen MR) is 65.3 cm³/mol. The van der Waals surface area contributed by atoms with Crippen LogP contribution in [0.5, 0.6) is 0 Å². The number of fused-ring (bicyclic) bond motifs is 8. The van der Waals surface area contributed by atoms with Crippen molar-refractivity contribution in [3.05, 3.63) is 30.1 Å². The number of benzene rings is 1. The maximum atomic E-state index is 13.0. The molecule has 96 valence electrons. The van der Waals surface area contributed by atoms with Gasteiger partial charge in [-0.1, -0.05) is 5.22 Å². The molecule has 2 heterocycles. The smallest absolute Gasteiger partial charge is 0.123 e. The van der Waals surface area contributed by atoms with E-state index in [9.17, 15) is 4.39 Å². The van der Waals surface area contributed by atoms with E-state index in [0.717, 1.165) is 12.1 Å². The SMILES string of the molecule is Fc1ccc(N2N=N[C@H]3[C@H]4C[C@H]([C@@H]5N=N[C@H]45)[C@H]32)cc1. The zero-order valence-electron chi connectivity index (χ0n) is 10.1. The standard InChI is InChI=1S/C13H12FN5/c14-6-1-3-7(4-2-6)19-13-9-5-8(12(13)17-18-19)10-11(9)16-15-10/h1-4,8-13H,5H2/t8-,9+,10+,11-,12-,13+/m0/s1. The van der Waals surface area contributed by atoms with Crippen molar-refractivity contribution >= 4 is 5.69 Å². The van der Waals surface area contributed by atoms with Crippen molar-refractivity contribution in [3.8, 4) is 0 Å². The summed E-state index contributed by atoms with van der Waals surface area (Å²) in [6.07, 6.45) is 1.15. The molecule has 1 aromatic carbocycles. The van der Waals surface area contributed by atoms with Crippen LogP contribution in [0.3, 0.4) is 0 Å². The minimum absolute atomic E-state index is 0.225. The van der Waals surface area contributed by atoms with E-state index in [1.165, 1.54) is 12.1 Å². The number of hydrogen-bond donors (Lipinski definition) is 0. The fourth-order valence-electron chi connectivity index (χ4n) is 4.15. The van der Waals surface area contributed by atoms with E-state index in [0.29, 0.717) is 23.9 Å². The molecule has 0 amide bonds. The fourth-order valence-corrected chi connectivity index (χ4v) is 4.15. The van der Waals surface area contributed by atoms with Gasteiger partial charge >= 0.3 is 0 Å². The van der Waals surface area contributed by atoms with Gasteiger partial charge in [0.15, 0.2) is 0 Å². The van der Waals surface area contributed by atoms with Gasteiger partial charge in [0.25, 0.3) is 0 Å². The third-order valence-electron chi connectivity index (χ3n) is 4.99. The Morgan fingerprint density at radius 2 is 1.68 bits per heavy atom. The van der Waals surface area contributed by atoms with E-state index in [2.05, 4.69) is 20.6 Å². The van der Waals surface area contributed by atoms with Crippen LogP contribution in [0, 0.1) is 17.7 Å². The highest BCUT2D eigenvalue weighted by Gasteiger charge is 2.65. The van der Waals surface area contributed by atoms with Crippen LogP contribution in [0.25, 0.3) is 0 Å². The Morgan fingerprint density at radius 3 is 2.42 bits per heavy atom. The molecule has 2 fully saturated rings. The summed E-state index contributed by atoms with van der Waals surface area (Å²) in [7, 11) is 0. The first-order valence-electron chi connectivity index (χ1n) is 6.68. The number of halogens is 1. The van der Waals surface area contributed by atoms with Crippen LogP contribution >= 0.6 is 0 Å². The number of nitrogens with zero attached hydrogens (tertiary/aromatic N) is 5. The second kappa shape index (κ2) is 3.18. The van der Waals surface area contributed by atoms with Crippen molar-refractivity contribution in [2.24, 2.45) is 32.4 Å². The van der Waals surface area contributed by atoms with Crippen LogP contribution in [0.4, 0.5) is 10.1 Å². The second-order valence-electron chi connectivity index (χ2n) is 5.78. The van der Waals surface area contributed by atoms with E-state index >= 15 is 0 Å². The van der Waals surface area contributed by atoms with Gasteiger partial charge in [0.05, 0.1) is 11.7 Å². The first-order chi connectivity index (χ1) is 9.33. The van der Waals surface area contributed by atoms with E-state index in [1.54, 1.807) is 12.1 Å². The highest BCUT2D eigenvalue weighted by molar-refractivity contribution is 5.49. The van der Waals surface area contributed by atoms with E-state index < -0.39 is 0 Å². The lowest BCUT2D eigenvalue weighted by Crippen LogP contribution is -2.52. The number of azo groups is 1. The molecule has 0 radical (unpaired) electrons. The Balaban J connectivity index is 1.52. The first-order valence-corrected chi connectivity index (χ1v) is 6.68. The van der Waals surface area contributed by atoms with E-state index in [-0.39, 0.29) is 17.9 Å². The van der Waals surface area contributed by atoms with Crippen LogP contribution in [0.15, 0.2) is 44.8 Å². The quantitative estimate of drug-likeness (QED) is 0.763. The van der Waals surface area contributed by atoms with Crippen molar-refractivity contribution in [1.29, 1.82) is 0 Å². The summed E-state index contributed by atoms with van der Waals surface area (Å²) in [4.78, 5) is 0. The van der Waals surface area contributed by atoms with Crippen molar-refractivity contribution in [2.75, 3.05) is 5.01 Å². The van der Waals surface area contributed by atoms with Gasteiger partial charge in [-0.25, -0.2) is 9.40 Å². The normalized spacial score (nSPS) is 44.4. The van der Waals surface area contributed by atoms with Gasteiger partial charge in [0, 0.05) is 11.8 Å². The van der Waals surface area contributed by atoms with Gasteiger partial charge in [-0.3, -0.25) is 0 Å². The Kier molecular flexibility index (Phi) is 1.67. The lowest BCUT2D eigenvalue weighted by molar-refractivity contribution is 0.242. The molecule has 0 saturated heterocycles. The maximum absolute atomic E-state index is 13.0. The molecule has 5 nitrogen and oxygen atoms in total. The molecule has 5 rings (SSSR count). The minimum atomic E-state index is -0.225. The van der Waals surface area contributed by atoms with Crippen LogP contribution in [0.2, 0.25) is 0 Å². The lowest BCUT2D eigenvalue weighted by Gasteiger charge is -2.38. The zero-order valence-corrected chi connectivity index (χ0v) is 10.1. The second-order valence-corrected chi connectivity index (χ2v) is 5.78. The molecule has 2 saturated carbocycles. The molecule has 2 aliphatic carbocycles. The molecule has 6 atom stereocenters. The summed E-state index contributed by atoms with van der Waals surface area (Å²) in [6.45, 7) is 0. The molecule has 1 aromatic rings. The highest BCUT2D eigenvalue weighted by Crippen LogP contribution is 2.56. The number of anilines is 1. The van der Waals surface area contributed by atoms with E-state index in [4.69, 9.17) is 0 Å². The largest absolute Gasteiger partial charge is 0.242 e. The minimum Gasteiger partial charge on any atom is -0.242 e. The number of hydrogen-bond acceptors (Lipinski definition) is 5. The summed E-state index contributed by atoms with van der Waals surface area (Å²) in [5, 5.41) is 19.2. The molecule has 19 heavy (non-hydrogen) atoms. The Labute approximate surface area is 109 Å². The summed E-state index contributed by atoms with van der Waals surface area (Å²) < 4.78 is 13.0. The van der Waals surface area contributed by atoms with Gasteiger partial charge in [0.2, 0.25) is 0 Å². The monoisotopic (exact) mass is 257 g/mol. The molecule has 4 aliphatic rings. The average molecular weight is 257 g/mol. The van der Waals surface area contributed by atoms with Crippen molar-refractivity contribution in [3.63, 3.8) is 0 Å². The van der Waals surface area contributed by atoms with Crippen molar-refractivity contribution in [2.45, 2.75) is 30.6 Å². The van der Waals surface area contributed by atoms with Crippen LogP contribution in [0.1, 0.15) is 6.42 Å². The van der Waals surface area contributed by atoms with Crippen LogP contribution < -0.4 is 5.01 Å². The first kappa shape index (κ1) is 10.00. The van der Waals surface area contributed by atoms with Gasteiger partial charge in [-0.2, -0.15) is 15.3 Å². The van der Waals surface area contributed by atoms with Gasteiger partial charge in [0.1, 0.15) is 23.9 Å². The van der Waals surface area contributed by atoms with Crippen molar-refractivity contribution < 1.29 is 4.39 Å². The summed E-state index contributed by atoms with van der Waals surface area (Å²) >= 11 is 0. The molecule has 0 unspecified atom stereocenters. The Morgan fingerprint density at radius 1 is 0.947 bits per heavy atom. The molecule has 2 bridgehead atoms. The molecular formula is C13H12FN5. The highest BCUT2D eigenvalue weighted by atomic mass is 19.1. The maximum Gasteiger partial charge on any atom is 0.123 e. The Hall–Kier alpha value is -1.85. The topological polar surface area (TPSA) is 52.7 Å². The molecule has 0 N–H and O–H groups in total. The zero-order chi connectivity index (χ0) is 12.6. The summed E-state index contributed by atoms with van der Waals surface area (Å²) in [5.41, 5.74) is 0.915. The third-order valence-corrected chi connectivity index (χ3v) is 4.99. The van der Waals surface area contributed by atoms with E-state index in [1.807, 2.05) is 5.01 Å². The molecule has 2 aliphatic heterocycles. The third kappa shape index (κ3) is 1.10. The molecular weight excluding hydrogens is 245 g/mol. The predicted octanol–water partition coefficient (Wildman–Crippen LogP) is 2.60. The average Bonchev–Trinajstić information content (AvgIpc) is 2.98. The van der Waals surface area contributed by atoms with Gasteiger partial charge < -0.3 is 0 Å². The summed E-state index contributed by atoms with van der Waals surface area (Å²) in [6, 6.07) is 7.77. The molecule has 6 heteroatoms. The fraction of sp³-hybridized carbons (Fsp3) is 0.538. The van der Waals surface area contributed by atoms with Crippen LogP contribution in [-0.2, 0) is 0 Å². The van der Waals surface area contributed by atoms with Crippen molar-refractivity contribution in [1.82, 2.24) is 0 Å². The van der Waals surface area contributed by atoms with Gasteiger partial charge in [-0.15, -0.1) is 0 Å². The van der Waals surface area contributed by atoms with Crippen LogP contribution in [-0.4, -0.2) is 24.2 Å². The van der Waals surface area contributed by atoms with Gasteiger partial charge in [-0.05, 0) is 30.7 Å². The number of rotatable bonds is 1. The molecule has 0 aromatic heterocycles. The molecule has 0 spiro atoms. The Bertz CT molecular complexity index is 598.